The number of benzene rings is 3. The Balaban J connectivity index is 1.62. The van der Waals surface area contributed by atoms with Crippen molar-refractivity contribution in [3.05, 3.63) is 95.0 Å². The molecule has 0 fully saturated rings. The van der Waals surface area contributed by atoms with Gasteiger partial charge in [-0.05, 0) is 48.5 Å². The standard InChI is InChI=1S/C23H21ClN2O3/c1-26(15-16-29-19-13-11-18(24)12-14-19)23(28)20-9-5-6-10-21(20)25-22(27)17-7-3-2-4-8-17/h2-14H,15-16H2,1H3,(H,25,27). The van der Waals surface area contributed by atoms with E-state index in [0.717, 1.165) is 0 Å². The molecule has 0 aromatic heterocycles. The Morgan fingerprint density at radius 1 is 0.931 bits per heavy atom. The van der Waals surface area contributed by atoms with Gasteiger partial charge in [0.15, 0.2) is 0 Å². The van der Waals surface area contributed by atoms with Gasteiger partial charge in [0, 0.05) is 17.6 Å². The summed E-state index contributed by atoms with van der Waals surface area (Å²) in [4.78, 5) is 26.9. The fourth-order valence-corrected chi connectivity index (χ4v) is 2.83. The number of halogens is 1. The maximum Gasteiger partial charge on any atom is 0.255 e. The number of likely N-dealkylation sites (N-methyl/N-ethyl adjacent to an activating group) is 1. The second kappa shape index (κ2) is 9.75. The minimum absolute atomic E-state index is 0.200. The van der Waals surface area contributed by atoms with Crippen molar-refractivity contribution >= 4 is 29.1 Å². The molecular formula is C23H21ClN2O3. The summed E-state index contributed by atoms with van der Waals surface area (Å²) < 4.78 is 5.65. The first kappa shape index (κ1) is 20.4. The number of anilines is 1. The van der Waals surface area contributed by atoms with Crippen LogP contribution < -0.4 is 10.1 Å². The van der Waals surface area contributed by atoms with Gasteiger partial charge in [0.2, 0.25) is 0 Å². The van der Waals surface area contributed by atoms with E-state index in [1.54, 1.807) is 84.7 Å². The Hall–Kier alpha value is -3.31. The number of nitrogens with zero attached hydrogens (tertiary/aromatic N) is 1. The molecule has 3 aromatic rings. The minimum Gasteiger partial charge on any atom is -0.492 e. The Labute approximate surface area is 174 Å². The van der Waals surface area contributed by atoms with E-state index in [0.29, 0.717) is 40.7 Å². The molecule has 5 nitrogen and oxygen atoms in total. The molecule has 3 aromatic carbocycles. The zero-order chi connectivity index (χ0) is 20.6. The number of amides is 2. The van der Waals surface area contributed by atoms with Crippen LogP contribution >= 0.6 is 11.6 Å². The molecule has 3 rings (SSSR count). The largest absolute Gasteiger partial charge is 0.492 e. The summed E-state index contributed by atoms with van der Waals surface area (Å²) in [6.45, 7) is 0.727. The van der Waals surface area contributed by atoms with Crippen molar-refractivity contribution in [3.8, 4) is 5.75 Å². The molecule has 2 amide bonds. The molecule has 0 bridgehead atoms. The van der Waals surface area contributed by atoms with Gasteiger partial charge in [-0.25, -0.2) is 0 Å². The summed E-state index contributed by atoms with van der Waals surface area (Å²) in [7, 11) is 1.70. The lowest BCUT2D eigenvalue weighted by molar-refractivity contribution is 0.0775. The molecule has 0 aliphatic carbocycles. The quantitative estimate of drug-likeness (QED) is 0.614. The van der Waals surface area contributed by atoms with Crippen molar-refractivity contribution in [2.45, 2.75) is 0 Å². The maximum atomic E-state index is 12.9. The topological polar surface area (TPSA) is 58.6 Å². The molecule has 0 aliphatic rings. The van der Waals surface area contributed by atoms with E-state index in [1.807, 2.05) is 6.07 Å². The molecule has 0 saturated heterocycles. The highest BCUT2D eigenvalue weighted by Crippen LogP contribution is 2.19. The SMILES string of the molecule is CN(CCOc1ccc(Cl)cc1)C(=O)c1ccccc1NC(=O)c1ccccc1. The predicted octanol–water partition coefficient (Wildman–Crippen LogP) is 4.74. The van der Waals surface area contributed by atoms with Crippen molar-refractivity contribution < 1.29 is 14.3 Å². The van der Waals surface area contributed by atoms with Crippen molar-refractivity contribution in [2.24, 2.45) is 0 Å². The second-order valence-electron chi connectivity index (χ2n) is 6.39. The maximum absolute atomic E-state index is 12.9. The van der Waals surface area contributed by atoms with Gasteiger partial charge in [0.25, 0.3) is 11.8 Å². The fraction of sp³-hybridized carbons (Fsp3) is 0.130. The van der Waals surface area contributed by atoms with Crippen LogP contribution in [0.2, 0.25) is 5.02 Å². The zero-order valence-electron chi connectivity index (χ0n) is 16.0. The van der Waals surface area contributed by atoms with E-state index >= 15 is 0 Å². The number of hydrogen-bond donors (Lipinski definition) is 1. The lowest BCUT2D eigenvalue weighted by atomic mass is 10.1. The summed E-state index contributed by atoms with van der Waals surface area (Å²) in [5, 5.41) is 3.46. The van der Waals surface area contributed by atoms with Crippen molar-refractivity contribution in [2.75, 3.05) is 25.5 Å². The lowest BCUT2D eigenvalue weighted by Gasteiger charge is -2.19. The van der Waals surface area contributed by atoms with Crippen LogP contribution in [0, 0.1) is 0 Å². The summed E-state index contributed by atoms with van der Waals surface area (Å²) >= 11 is 5.86. The van der Waals surface area contributed by atoms with Gasteiger partial charge in [-0.2, -0.15) is 0 Å². The van der Waals surface area contributed by atoms with Crippen molar-refractivity contribution in [3.63, 3.8) is 0 Å². The van der Waals surface area contributed by atoms with Gasteiger partial charge in [0.05, 0.1) is 17.8 Å². The number of carbonyl (C=O) groups excluding carboxylic acids is 2. The number of ether oxygens (including phenoxy) is 1. The zero-order valence-corrected chi connectivity index (χ0v) is 16.7. The monoisotopic (exact) mass is 408 g/mol. The highest BCUT2D eigenvalue weighted by Gasteiger charge is 2.17. The van der Waals surface area contributed by atoms with Crippen LogP contribution in [0.1, 0.15) is 20.7 Å². The van der Waals surface area contributed by atoms with Crippen LogP contribution in [0.25, 0.3) is 0 Å². The van der Waals surface area contributed by atoms with E-state index in [1.165, 1.54) is 0 Å². The number of para-hydroxylation sites is 1. The van der Waals surface area contributed by atoms with E-state index in [9.17, 15) is 9.59 Å². The van der Waals surface area contributed by atoms with Gasteiger partial charge < -0.3 is 15.0 Å². The smallest absolute Gasteiger partial charge is 0.255 e. The summed E-state index contributed by atoms with van der Waals surface area (Å²) in [5.41, 5.74) is 1.42. The van der Waals surface area contributed by atoms with E-state index < -0.39 is 0 Å². The van der Waals surface area contributed by atoms with Crippen LogP contribution in [0.4, 0.5) is 5.69 Å². The van der Waals surface area contributed by atoms with Crippen LogP contribution in [-0.4, -0.2) is 36.9 Å². The molecule has 0 radical (unpaired) electrons. The van der Waals surface area contributed by atoms with E-state index in [2.05, 4.69) is 5.32 Å². The van der Waals surface area contributed by atoms with Gasteiger partial charge in [-0.1, -0.05) is 41.9 Å². The molecular weight excluding hydrogens is 388 g/mol. The first-order chi connectivity index (χ1) is 14.0. The summed E-state index contributed by atoms with van der Waals surface area (Å²) in [6, 6.07) is 22.9. The van der Waals surface area contributed by atoms with E-state index in [-0.39, 0.29) is 11.8 Å². The Morgan fingerprint density at radius 2 is 1.59 bits per heavy atom. The average Bonchev–Trinajstić information content (AvgIpc) is 2.75. The van der Waals surface area contributed by atoms with Gasteiger partial charge in [0.1, 0.15) is 12.4 Å². The molecule has 0 spiro atoms. The molecule has 6 heteroatoms. The second-order valence-corrected chi connectivity index (χ2v) is 6.83. The lowest BCUT2D eigenvalue weighted by Crippen LogP contribution is -2.31. The van der Waals surface area contributed by atoms with Crippen LogP contribution in [0.3, 0.4) is 0 Å². The first-order valence-corrected chi connectivity index (χ1v) is 9.51. The molecule has 0 saturated carbocycles. The summed E-state index contributed by atoms with van der Waals surface area (Å²) in [5.74, 6) is 0.221. The van der Waals surface area contributed by atoms with Crippen molar-refractivity contribution in [1.29, 1.82) is 0 Å². The summed E-state index contributed by atoms with van der Waals surface area (Å²) in [6.07, 6.45) is 0. The predicted molar refractivity (Wildman–Crippen MR) is 115 cm³/mol. The number of rotatable bonds is 7. The number of hydrogen-bond acceptors (Lipinski definition) is 3. The number of carbonyl (C=O) groups is 2. The average molecular weight is 409 g/mol. The Bertz CT molecular complexity index is 975. The Kier molecular flexibility index (Phi) is 6.87. The Morgan fingerprint density at radius 3 is 2.31 bits per heavy atom. The van der Waals surface area contributed by atoms with E-state index in [4.69, 9.17) is 16.3 Å². The normalized spacial score (nSPS) is 10.3. The van der Waals surface area contributed by atoms with Crippen molar-refractivity contribution in [1.82, 2.24) is 4.90 Å². The first-order valence-electron chi connectivity index (χ1n) is 9.14. The molecule has 0 heterocycles. The minimum atomic E-state index is -0.264. The highest BCUT2D eigenvalue weighted by molar-refractivity contribution is 6.30. The highest BCUT2D eigenvalue weighted by atomic mass is 35.5. The molecule has 0 unspecified atom stereocenters. The fourth-order valence-electron chi connectivity index (χ4n) is 2.70. The van der Waals surface area contributed by atoms with Gasteiger partial charge in [-0.15, -0.1) is 0 Å². The molecule has 0 atom stereocenters. The van der Waals surface area contributed by atoms with Crippen LogP contribution in [0.5, 0.6) is 5.75 Å². The van der Waals surface area contributed by atoms with Crippen LogP contribution in [0.15, 0.2) is 78.9 Å². The third kappa shape index (κ3) is 5.59. The third-order valence-electron chi connectivity index (χ3n) is 4.30. The number of nitrogens with one attached hydrogen (secondary N) is 1. The molecule has 29 heavy (non-hydrogen) atoms. The molecule has 1 N–H and O–H groups in total. The molecule has 0 aliphatic heterocycles. The van der Waals surface area contributed by atoms with Crippen LogP contribution in [-0.2, 0) is 0 Å². The molecule has 148 valence electrons. The van der Waals surface area contributed by atoms with Gasteiger partial charge >= 0.3 is 0 Å². The van der Waals surface area contributed by atoms with Gasteiger partial charge in [-0.3, -0.25) is 9.59 Å². The third-order valence-corrected chi connectivity index (χ3v) is 4.55.